The van der Waals surface area contributed by atoms with Crippen molar-refractivity contribution >= 4 is 11.6 Å². The normalized spacial score (nSPS) is 20.8. The van der Waals surface area contributed by atoms with Crippen molar-refractivity contribution in [3.63, 3.8) is 0 Å². The summed E-state index contributed by atoms with van der Waals surface area (Å²) < 4.78 is 0. The van der Waals surface area contributed by atoms with Gasteiger partial charge >= 0.3 is 0 Å². The average Bonchev–Trinajstić information content (AvgIpc) is 2.86. The van der Waals surface area contributed by atoms with Crippen LogP contribution in [0.5, 0.6) is 0 Å². The summed E-state index contributed by atoms with van der Waals surface area (Å²) in [6.45, 7) is 7.27. The Balaban J connectivity index is 2.15. The molecule has 1 amide bonds. The van der Waals surface area contributed by atoms with E-state index < -0.39 is 0 Å². The molecule has 1 aromatic rings. The highest BCUT2D eigenvalue weighted by Gasteiger charge is 2.33. The first-order valence-corrected chi connectivity index (χ1v) is 7.16. The van der Waals surface area contributed by atoms with E-state index in [1.165, 1.54) is 0 Å². The lowest BCUT2D eigenvalue weighted by atomic mass is 9.96. The molecule has 19 heavy (non-hydrogen) atoms. The Bertz CT molecular complexity index is 456. The summed E-state index contributed by atoms with van der Waals surface area (Å²) in [6.07, 6.45) is 2.26. The number of carbonyl (C=O) groups excluding carboxylic acids is 1. The minimum absolute atomic E-state index is 0.108. The molecule has 104 valence electrons. The average molecular weight is 260 g/mol. The molecule has 1 saturated heterocycles. The summed E-state index contributed by atoms with van der Waals surface area (Å²) >= 11 is 0. The third kappa shape index (κ3) is 2.91. The van der Waals surface area contributed by atoms with Crippen molar-refractivity contribution in [3.8, 4) is 0 Å². The van der Waals surface area contributed by atoms with Crippen LogP contribution in [0.3, 0.4) is 0 Å². The van der Waals surface area contributed by atoms with Gasteiger partial charge in [0.1, 0.15) is 0 Å². The molecular formula is C16H24N2O. The molecule has 0 spiro atoms. The van der Waals surface area contributed by atoms with Gasteiger partial charge in [-0.25, -0.2) is 0 Å². The van der Waals surface area contributed by atoms with Gasteiger partial charge in [0, 0.05) is 18.3 Å². The van der Waals surface area contributed by atoms with Crippen molar-refractivity contribution < 1.29 is 4.79 Å². The summed E-state index contributed by atoms with van der Waals surface area (Å²) in [4.78, 5) is 14.7. The van der Waals surface area contributed by atoms with Gasteiger partial charge in [0.05, 0.1) is 5.92 Å². The quantitative estimate of drug-likeness (QED) is 0.849. The fraction of sp³-hybridized carbons (Fsp3) is 0.562. The molecule has 2 rings (SSSR count). The van der Waals surface area contributed by atoms with Crippen molar-refractivity contribution in [1.82, 2.24) is 4.90 Å². The zero-order valence-corrected chi connectivity index (χ0v) is 12.1. The molecule has 0 bridgehead atoms. The Morgan fingerprint density at radius 1 is 1.37 bits per heavy atom. The second kappa shape index (κ2) is 5.64. The lowest BCUT2D eigenvalue weighted by Crippen LogP contribution is -2.40. The van der Waals surface area contributed by atoms with E-state index in [9.17, 15) is 4.79 Å². The topological polar surface area (TPSA) is 46.3 Å². The molecule has 2 N–H and O–H groups in total. The number of anilines is 1. The van der Waals surface area contributed by atoms with Gasteiger partial charge in [-0.05, 0) is 43.4 Å². The molecule has 3 heteroatoms. The zero-order chi connectivity index (χ0) is 14.0. The van der Waals surface area contributed by atoms with Gasteiger partial charge in [-0.15, -0.1) is 0 Å². The van der Waals surface area contributed by atoms with Crippen LogP contribution in [0.25, 0.3) is 0 Å². The van der Waals surface area contributed by atoms with Gasteiger partial charge in [-0.1, -0.05) is 26.0 Å². The number of carbonyl (C=O) groups is 1. The van der Waals surface area contributed by atoms with Gasteiger partial charge in [0.25, 0.3) is 0 Å². The van der Waals surface area contributed by atoms with Crippen LogP contribution in [0.15, 0.2) is 24.3 Å². The monoisotopic (exact) mass is 260 g/mol. The van der Waals surface area contributed by atoms with Crippen LogP contribution in [0.2, 0.25) is 0 Å². The van der Waals surface area contributed by atoms with Crippen LogP contribution in [0.4, 0.5) is 5.69 Å². The lowest BCUT2D eigenvalue weighted by molar-refractivity contribution is -0.134. The van der Waals surface area contributed by atoms with Crippen LogP contribution >= 0.6 is 0 Å². The molecule has 1 aliphatic rings. The third-order valence-corrected chi connectivity index (χ3v) is 4.13. The Kier molecular flexibility index (Phi) is 4.13. The number of amides is 1. The minimum Gasteiger partial charge on any atom is -0.399 e. The molecule has 0 saturated carbocycles. The van der Waals surface area contributed by atoms with Crippen molar-refractivity contribution in [2.45, 2.75) is 45.6 Å². The van der Waals surface area contributed by atoms with E-state index in [0.29, 0.717) is 12.0 Å². The number of rotatable bonds is 3. The van der Waals surface area contributed by atoms with E-state index in [1.54, 1.807) is 0 Å². The number of nitrogens with two attached hydrogens (primary N) is 1. The van der Waals surface area contributed by atoms with Gasteiger partial charge < -0.3 is 10.6 Å². The predicted octanol–water partition coefficient (Wildman–Crippen LogP) is 3.02. The summed E-state index contributed by atoms with van der Waals surface area (Å²) in [5.41, 5.74) is 7.54. The lowest BCUT2D eigenvalue weighted by Gasteiger charge is -2.30. The van der Waals surface area contributed by atoms with E-state index in [0.717, 1.165) is 30.6 Å². The molecule has 0 radical (unpaired) electrons. The van der Waals surface area contributed by atoms with Crippen molar-refractivity contribution in [2.75, 3.05) is 12.3 Å². The van der Waals surface area contributed by atoms with Crippen molar-refractivity contribution in [1.29, 1.82) is 0 Å². The zero-order valence-electron chi connectivity index (χ0n) is 12.1. The Morgan fingerprint density at radius 2 is 2.11 bits per heavy atom. The van der Waals surface area contributed by atoms with Crippen LogP contribution in [-0.4, -0.2) is 23.4 Å². The number of nitrogen functional groups attached to an aromatic ring is 1. The second-order valence-corrected chi connectivity index (χ2v) is 5.88. The smallest absolute Gasteiger partial charge is 0.230 e. The van der Waals surface area contributed by atoms with Crippen molar-refractivity contribution in [3.05, 3.63) is 29.8 Å². The summed E-state index contributed by atoms with van der Waals surface area (Å²) in [7, 11) is 0. The van der Waals surface area contributed by atoms with Crippen molar-refractivity contribution in [2.24, 2.45) is 5.92 Å². The number of nitrogens with zero attached hydrogens (tertiary/aromatic N) is 1. The summed E-state index contributed by atoms with van der Waals surface area (Å²) in [5.74, 6) is 0.657. The first-order valence-electron chi connectivity index (χ1n) is 7.16. The molecule has 2 unspecified atom stereocenters. The first-order chi connectivity index (χ1) is 9.00. The number of likely N-dealkylation sites (tertiary alicyclic amines) is 1. The van der Waals surface area contributed by atoms with E-state index in [-0.39, 0.29) is 11.8 Å². The number of benzene rings is 1. The van der Waals surface area contributed by atoms with Gasteiger partial charge in [0.15, 0.2) is 0 Å². The molecule has 0 aliphatic carbocycles. The van der Waals surface area contributed by atoms with Gasteiger partial charge in [-0.2, -0.15) is 0 Å². The van der Waals surface area contributed by atoms with Crippen LogP contribution in [0, 0.1) is 5.92 Å². The molecule has 1 aromatic carbocycles. The van der Waals surface area contributed by atoms with Crippen LogP contribution < -0.4 is 5.73 Å². The number of hydrogen-bond acceptors (Lipinski definition) is 2. The van der Waals surface area contributed by atoms with E-state index in [2.05, 4.69) is 18.7 Å². The fourth-order valence-electron chi connectivity index (χ4n) is 2.98. The second-order valence-electron chi connectivity index (χ2n) is 5.88. The third-order valence-electron chi connectivity index (χ3n) is 4.13. The van der Waals surface area contributed by atoms with E-state index in [4.69, 9.17) is 5.73 Å². The van der Waals surface area contributed by atoms with Crippen LogP contribution in [-0.2, 0) is 4.79 Å². The molecule has 1 fully saturated rings. The maximum absolute atomic E-state index is 12.7. The molecular weight excluding hydrogens is 236 g/mol. The van der Waals surface area contributed by atoms with E-state index >= 15 is 0 Å². The predicted molar refractivity (Wildman–Crippen MR) is 78.8 cm³/mol. The Hall–Kier alpha value is -1.51. The highest BCUT2D eigenvalue weighted by molar-refractivity contribution is 5.84. The molecule has 3 nitrogen and oxygen atoms in total. The summed E-state index contributed by atoms with van der Waals surface area (Å²) in [6, 6.07) is 8.06. The maximum atomic E-state index is 12.7. The van der Waals surface area contributed by atoms with Crippen LogP contribution in [0.1, 0.15) is 45.1 Å². The molecule has 1 aliphatic heterocycles. The SMILES string of the molecule is CC(C(=O)N1CCCC1C(C)C)c1cccc(N)c1. The molecule has 1 heterocycles. The Morgan fingerprint density at radius 3 is 2.74 bits per heavy atom. The largest absolute Gasteiger partial charge is 0.399 e. The molecule has 0 aromatic heterocycles. The highest BCUT2D eigenvalue weighted by atomic mass is 16.2. The Labute approximate surface area is 115 Å². The minimum atomic E-state index is -0.108. The van der Waals surface area contributed by atoms with Gasteiger partial charge in [0.2, 0.25) is 5.91 Å². The maximum Gasteiger partial charge on any atom is 0.230 e. The standard InChI is InChI=1S/C16H24N2O/c1-11(2)15-8-5-9-18(15)16(19)12(3)13-6-4-7-14(17)10-13/h4,6-7,10-12,15H,5,8-9,17H2,1-3H3. The van der Waals surface area contributed by atoms with Gasteiger partial charge in [-0.3, -0.25) is 4.79 Å². The summed E-state index contributed by atoms with van der Waals surface area (Å²) in [5, 5.41) is 0. The number of hydrogen-bond donors (Lipinski definition) is 1. The highest BCUT2D eigenvalue weighted by Crippen LogP contribution is 2.28. The first kappa shape index (κ1) is 13.9. The van der Waals surface area contributed by atoms with E-state index in [1.807, 2.05) is 31.2 Å². The molecule has 2 atom stereocenters. The fourth-order valence-corrected chi connectivity index (χ4v) is 2.98.